The van der Waals surface area contributed by atoms with Crippen molar-refractivity contribution in [2.24, 2.45) is 0 Å². The monoisotopic (exact) mass is 225 g/mol. The second-order valence-corrected chi connectivity index (χ2v) is 4.14. The lowest BCUT2D eigenvalue weighted by atomic mass is 10.1. The number of benzene rings is 1. The summed E-state index contributed by atoms with van der Waals surface area (Å²) in [6.45, 7) is 3.40. The standard InChI is InChI=1S/C12H16FNO2/c1-8-11(4-5-16-8)14-7-9-2-3-12(15)10(13)6-9/h2-3,6,8,11,14-15H,4-5,7H2,1H3. The first-order chi connectivity index (χ1) is 7.66. The fraction of sp³-hybridized carbons (Fsp3) is 0.500. The van der Waals surface area contributed by atoms with Crippen LogP contribution in [-0.4, -0.2) is 23.9 Å². The van der Waals surface area contributed by atoms with Crippen molar-refractivity contribution in [1.82, 2.24) is 5.32 Å². The molecule has 16 heavy (non-hydrogen) atoms. The van der Waals surface area contributed by atoms with Gasteiger partial charge in [0.15, 0.2) is 11.6 Å². The Bertz CT molecular complexity index is 370. The van der Waals surface area contributed by atoms with Crippen molar-refractivity contribution in [2.45, 2.75) is 32.0 Å². The molecule has 0 aromatic heterocycles. The van der Waals surface area contributed by atoms with Gasteiger partial charge >= 0.3 is 0 Å². The van der Waals surface area contributed by atoms with Crippen LogP contribution >= 0.6 is 0 Å². The molecule has 2 atom stereocenters. The van der Waals surface area contributed by atoms with Crippen LogP contribution in [0, 0.1) is 5.82 Å². The second kappa shape index (κ2) is 4.80. The topological polar surface area (TPSA) is 41.5 Å². The summed E-state index contributed by atoms with van der Waals surface area (Å²) in [4.78, 5) is 0. The maximum atomic E-state index is 13.1. The molecular weight excluding hydrogens is 209 g/mol. The van der Waals surface area contributed by atoms with E-state index in [4.69, 9.17) is 9.84 Å². The fourth-order valence-corrected chi connectivity index (χ4v) is 1.91. The van der Waals surface area contributed by atoms with Gasteiger partial charge in [0.05, 0.1) is 6.10 Å². The minimum atomic E-state index is -0.574. The summed E-state index contributed by atoms with van der Waals surface area (Å²) in [6, 6.07) is 4.77. The highest BCUT2D eigenvalue weighted by Gasteiger charge is 2.23. The largest absolute Gasteiger partial charge is 0.505 e. The Kier molecular flexibility index (Phi) is 3.41. The summed E-state index contributed by atoms with van der Waals surface area (Å²) in [5, 5.41) is 12.4. The van der Waals surface area contributed by atoms with Gasteiger partial charge in [-0.1, -0.05) is 6.07 Å². The average molecular weight is 225 g/mol. The van der Waals surface area contributed by atoms with E-state index < -0.39 is 5.82 Å². The van der Waals surface area contributed by atoms with E-state index >= 15 is 0 Å². The van der Waals surface area contributed by atoms with Crippen molar-refractivity contribution >= 4 is 0 Å². The van der Waals surface area contributed by atoms with Crippen molar-refractivity contribution in [3.63, 3.8) is 0 Å². The number of phenols is 1. The Balaban J connectivity index is 1.91. The van der Waals surface area contributed by atoms with Crippen LogP contribution in [0.3, 0.4) is 0 Å². The van der Waals surface area contributed by atoms with Gasteiger partial charge in [-0.25, -0.2) is 4.39 Å². The third-order valence-corrected chi connectivity index (χ3v) is 2.96. The smallest absolute Gasteiger partial charge is 0.165 e. The molecule has 2 N–H and O–H groups in total. The normalized spacial score (nSPS) is 24.9. The van der Waals surface area contributed by atoms with Gasteiger partial charge < -0.3 is 15.2 Å². The second-order valence-electron chi connectivity index (χ2n) is 4.14. The van der Waals surface area contributed by atoms with Crippen molar-refractivity contribution in [2.75, 3.05) is 6.61 Å². The van der Waals surface area contributed by atoms with Gasteiger partial charge in [-0.2, -0.15) is 0 Å². The van der Waals surface area contributed by atoms with E-state index in [2.05, 4.69) is 5.32 Å². The van der Waals surface area contributed by atoms with E-state index in [0.29, 0.717) is 12.6 Å². The van der Waals surface area contributed by atoms with Gasteiger partial charge in [0, 0.05) is 19.2 Å². The Morgan fingerprint density at radius 1 is 1.56 bits per heavy atom. The van der Waals surface area contributed by atoms with E-state index in [1.807, 2.05) is 6.92 Å². The minimum absolute atomic E-state index is 0.210. The molecule has 1 aliphatic rings. The van der Waals surface area contributed by atoms with Gasteiger partial charge in [-0.15, -0.1) is 0 Å². The number of hydrogen-bond donors (Lipinski definition) is 2. The highest BCUT2D eigenvalue weighted by Crippen LogP contribution is 2.17. The first-order valence-electron chi connectivity index (χ1n) is 5.49. The molecule has 0 saturated carbocycles. The quantitative estimate of drug-likeness (QED) is 0.824. The van der Waals surface area contributed by atoms with Crippen LogP contribution in [-0.2, 0) is 11.3 Å². The third kappa shape index (κ3) is 2.51. The maximum Gasteiger partial charge on any atom is 0.165 e. The molecule has 0 aliphatic carbocycles. The summed E-state index contributed by atoms with van der Waals surface area (Å²) < 4.78 is 18.5. The number of hydrogen-bond acceptors (Lipinski definition) is 3. The molecule has 3 nitrogen and oxygen atoms in total. The van der Waals surface area contributed by atoms with Crippen LogP contribution in [0.4, 0.5) is 4.39 Å². The maximum absolute atomic E-state index is 13.1. The Hall–Kier alpha value is -1.13. The van der Waals surface area contributed by atoms with Crippen LogP contribution in [0.2, 0.25) is 0 Å². The van der Waals surface area contributed by atoms with Crippen LogP contribution in [0.15, 0.2) is 18.2 Å². The predicted molar refractivity (Wildman–Crippen MR) is 58.7 cm³/mol. The van der Waals surface area contributed by atoms with E-state index in [1.165, 1.54) is 12.1 Å². The van der Waals surface area contributed by atoms with Gasteiger partial charge in [-0.3, -0.25) is 0 Å². The first kappa shape index (κ1) is 11.4. The van der Waals surface area contributed by atoms with Gasteiger partial charge in [-0.05, 0) is 31.0 Å². The fourth-order valence-electron chi connectivity index (χ4n) is 1.91. The number of phenolic OH excluding ortho intramolecular Hbond substituents is 1. The van der Waals surface area contributed by atoms with E-state index in [0.717, 1.165) is 18.6 Å². The van der Waals surface area contributed by atoms with Gasteiger partial charge in [0.2, 0.25) is 0 Å². The SMILES string of the molecule is CC1OCCC1NCc1ccc(O)c(F)c1. The van der Waals surface area contributed by atoms with Crippen molar-refractivity contribution < 1.29 is 14.2 Å². The average Bonchev–Trinajstić information content (AvgIpc) is 2.66. The number of ether oxygens (including phenoxy) is 1. The van der Waals surface area contributed by atoms with E-state index in [-0.39, 0.29) is 11.9 Å². The van der Waals surface area contributed by atoms with Gasteiger partial charge in [0.25, 0.3) is 0 Å². The molecule has 2 unspecified atom stereocenters. The number of nitrogens with one attached hydrogen (secondary N) is 1. The van der Waals surface area contributed by atoms with Crippen LogP contribution in [0.25, 0.3) is 0 Å². The molecule has 4 heteroatoms. The minimum Gasteiger partial charge on any atom is -0.505 e. The molecule has 88 valence electrons. The number of aromatic hydroxyl groups is 1. The summed E-state index contributed by atoms with van der Waals surface area (Å²) in [5.41, 5.74) is 0.828. The Morgan fingerprint density at radius 2 is 2.38 bits per heavy atom. The summed E-state index contributed by atoms with van der Waals surface area (Å²) in [5.74, 6) is -0.878. The van der Waals surface area contributed by atoms with E-state index in [9.17, 15) is 4.39 Å². The zero-order chi connectivity index (χ0) is 11.5. The molecule has 1 heterocycles. The van der Waals surface area contributed by atoms with E-state index in [1.54, 1.807) is 6.07 Å². The summed E-state index contributed by atoms with van der Waals surface area (Å²) in [7, 11) is 0. The van der Waals surface area contributed by atoms with Crippen LogP contribution in [0.1, 0.15) is 18.9 Å². The zero-order valence-corrected chi connectivity index (χ0v) is 9.24. The van der Waals surface area contributed by atoms with Crippen LogP contribution < -0.4 is 5.32 Å². The predicted octanol–water partition coefficient (Wildman–Crippen LogP) is 1.80. The Labute approximate surface area is 94.2 Å². The molecule has 0 bridgehead atoms. The lowest BCUT2D eigenvalue weighted by Crippen LogP contribution is -2.34. The molecular formula is C12H16FNO2. The first-order valence-corrected chi connectivity index (χ1v) is 5.49. The van der Waals surface area contributed by atoms with Crippen molar-refractivity contribution in [3.05, 3.63) is 29.6 Å². The molecule has 1 aromatic rings. The molecule has 1 fully saturated rings. The molecule has 1 aromatic carbocycles. The molecule has 1 aliphatic heterocycles. The highest BCUT2D eigenvalue weighted by atomic mass is 19.1. The van der Waals surface area contributed by atoms with Crippen LogP contribution in [0.5, 0.6) is 5.75 Å². The zero-order valence-electron chi connectivity index (χ0n) is 9.24. The summed E-state index contributed by atoms with van der Waals surface area (Å²) >= 11 is 0. The highest BCUT2D eigenvalue weighted by molar-refractivity contribution is 5.27. The molecule has 2 rings (SSSR count). The summed E-state index contributed by atoms with van der Waals surface area (Å²) in [6.07, 6.45) is 1.20. The van der Waals surface area contributed by atoms with Crippen molar-refractivity contribution in [3.8, 4) is 5.75 Å². The molecule has 0 amide bonds. The number of rotatable bonds is 3. The lowest BCUT2D eigenvalue weighted by molar-refractivity contribution is 0.113. The van der Waals surface area contributed by atoms with Crippen molar-refractivity contribution in [1.29, 1.82) is 0 Å². The molecule has 1 saturated heterocycles. The third-order valence-electron chi connectivity index (χ3n) is 2.96. The van der Waals surface area contributed by atoms with Gasteiger partial charge in [0.1, 0.15) is 0 Å². The number of halogens is 1. The molecule has 0 spiro atoms. The lowest BCUT2D eigenvalue weighted by Gasteiger charge is -2.16. The Morgan fingerprint density at radius 3 is 3.00 bits per heavy atom. The molecule has 0 radical (unpaired) electrons.